The van der Waals surface area contributed by atoms with Crippen LogP contribution in [0.1, 0.15) is 12.0 Å². The molecular formula is C14H20N2O3. The predicted molar refractivity (Wildman–Crippen MR) is 74.6 cm³/mol. The molecule has 1 aliphatic heterocycles. The molecule has 104 valence electrons. The van der Waals surface area contributed by atoms with E-state index in [1.165, 1.54) is 5.56 Å². The van der Waals surface area contributed by atoms with Gasteiger partial charge < -0.3 is 20.1 Å². The van der Waals surface area contributed by atoms with Crippen LogP contribution in [0.25, 0.3) is 0 Å². The van der Waals surface area contributed by atoms with E-state index >= 15 is 0 Å². The number of nitrogens with one attached hydrogen (secondary N) is 2. The molecule has 5 heteroatoms. The summed E-state index contributed by atoms with van der Waals surface area (Å²) >= 11 is 0. The van der Waals surface area contributed by atoms with Crippen LogP contribution in [0.4, 0.5) is 11.4 Å². The van der Waals surface area contributed by atoms with Crippen LogP contribution in [0.15, 0.2) is 18.2 Å². The fourth-order valence-electron chi connectivity index (χ4n) is 2.11. The minimum atomic E-state index is -0.142. The molecule has 1 aromatic carbocycles. The highest BCUT2D eigenvalue weighted by molar-refractivity contribution is 5.95. The standard InChI is InChI=1S/C14H20N2O3/c1-18-8-9-19-10-13(17)16-12-6-2-4-11-5-3-7-15-14(11)12/h2,4,6,15H,3,5,7-10H2,1H3,(H,16,17). The molecule has 0 radical (unpaired) electrons. The second-order valence-electron chi connectivity index (χ2n) is 4.46. The summed E-state index contributed by atoms with van der Waals surface area (Å²) in [5, 5.41) is 6.22. The monoisotopic (exact) mass is 264 g/mol. The number of benzene rings is 1. The fourth-order valence-corrected chi connectivity index (χ4v) is 2.11. The number of carbonyl (C=O) groups excluding carboxylic acids is 1. The molecular weight excluding hydrogens is 244 g/mol. The third-order valence-electron chi connectivity index (χ3n) is 3.01. The first-order valence-corrected chi connectivity index (χ1v) is 6.53. The van der Waals surface area contributed by atoms with Crippen molar-refractivity contribution in [2.45, 2.75) is 12.8 Å². The average Bonchev–Trinajstić information content (AvgIpc) is 2.44. The Balaban J connectivity index is 1.90. The number of amides is 1. The van der Waals surface area contributed by atoms with Gasteiger partial charge in [-0.25, -0.2) is 0 Å². The Morgan fingerprint density at radius 3 is 3.16 bits per heavy atom. The normalized spacial score (nSPS) is 13.5. The number of fused-ring (bicyclic) bond motifs is 1. The van der Waals surface area contributed by atoms with Crippen molar-refractivity contribution in [3.63, 3.8) is 0 Å². The molecule has 0 unspecified atom stereocenters. The number of aryl methyl sites for hydroxylation is 1. The molecule has 1 heterocycles. The summed E-state index contributed by atoms with van der Waals surface area (Å²) in [6, 6.07) is 5.96. The van der Waals surface area contributed by atoms with E-state index in [4.69, 9.17) is 9.47 Å². The summed E-state index contributed by atoms with van der Waals surface area (Å²) in [4.78, 5) is 11.8. The van der Waals surface area contributed by atoms with Gasteiger partial charge in [-0.3, -0.25) is 4.79 Å². The first kappa shape index (κ1) is 13.8. The lowest BCUT2D eigenvalue weighted by Crippen LogP contribution is -2.21. The predicted octanol–water partition coefficient (Wildman–Crippen LogP) is 1.65. The third-order valence-corrected chi connectivity index (χ3v) is 3.01. The van der Waals surface area contributed by atoms with E-state index in [-0.39, 0.29) is 12.5 Å². The number of ether oxygens (including phenoxy) is 2. The molecule has 2 rings (SSSR count). The minimum Gasteiger partial charge on any atom is -0.383 e. The molecule has 0 saturated heterocycles. The van der Waals surface area contributed by atoms with Crippen molar-refractivity contribution in [2.75, 3.05) is 44.1 Å². The van der Waals surface area contributed by atoms with Crippen molar-refractivity contribution < 1.29 is 14.3 Å². The zero-order chi connectivity index (χ0) is 13.5. The smallest absolute Gasteiger partial charge is 0.250 e. The van der Waals surface area contributed by atoms with E-state index in [1.54, 1.807) is 7.11 Å². The van der Waals surface area contributed by atoms with Gasteiger partial charge in [0.05, 0.1) is 24.6 Å². The lowest BCUT2D eigenvalue weighted by Gasteiger charge is -2.21. The number of methoxy groups -OCH3 is 1. The summed E-state index contributed by atoms with van der Waals surface area (Å²) < 4.78 is 10.0. The van der Waals surface area contributed by atoms with Gasteiger partial charge in [0.1, 0.15) is 6.61 Å². The van der Waals surface area contributed by atoms with Gasteiger partial charge in [-0.1, -0.05) is 12.1 Å². The highest BCUT2D eigenvalue weighted by atomic mass is 16.5. The maximum atomic E-state index is 11.8. The van der Waals surface area contributed by atoms with E-state index in [0.29, 0.717) is 13.2 Å². The number of rotatable bonds is 6. The van der Waals surface area contributed by atoms with Crippen LogP contribution in [0, 0.1) is 0 Å². The van der Waals surface area contributed by atoms with Crippen molar-refractivity contribution in [3.8, 4) is 0 Å². The maximum absolute atomic E-state index is 11.8. The second kappa shape index (κ2) is 7.11. The van der Waals surface area contributed by atoms with Crippen LogP contribution in [0.5, 0.6) is 0 Å². The Kier molecular flexibility index (Phi) is 5.18. The quantitative estimate of drug-likeness (QED) is 0.767. The van der Waals surface area contributed by atoms with Gasteiger partial charge in [-0.15, -0.1) is 0 Å². The van der Waals surface area contributed by atoms with Gasteiger partial charge in [0.15, 0.2) is 0 Å². The van der Waals surface area contributed by atoms with Gasteiger partial charge >= 0.3 is 0 Å². The molecule has 19 heavy (non-hydrogen) atoms. The van der Waals surface area contributed by atoms with Crippen LogP contribution in [-0.2, 0) is 20.7 Å². The van der Waals surface area contributed by atoms with Crippen LogP contribution in [0.3, 0.4) is 0 Å². The SMILES string of the molecule is COCCOCC(=O)Nc1cccc2c1NCCC2. The highest BCUT2D eigenvalue weighted by Crippen LogP contribution is 2.29. The number of para-hydroxylation sites is 1. The number of hydrogen-bond acceptors (Lipinski definition) is 4. The number of anilines is 2. The van der Waals surface area contributed by atoms with Crippen molar-refractivity contribution in [1.82, 2.24) is 0 Å². The Morgan fingerprint density at radius 1 is 1.42 bits per heavy atom. The summed E-state index contributed by atoms with van der Waals surface area (Å²) in [5.74, 6) is -0.142. The molecule has 0 spiro atoms. The summed E-state index contributed by atoms with van der Waals surface area (Å²) in [6.07, 6.45) is 2.18. The Morgan fingerprint density at radius 2 is 2.32 bits per heavy atom. The van der Waals surface area contributed by atoms with Gasteiger partial charge in [0.2, 0.25) is 5.91 Å². The lowest BCUT2D eigenvalue weighted by molar-refractivity contribution is -0.121. The van der Waals surface area contributed by atoms with Crippen molar-refractivity contribution in [3.05, 3.63) is 23.8 Å². The van der Waals surface area contributed by atoms with Crippen LogP contribution in [0.2, 0.25) is 0 Å². The molecule has 0 saturated carbocycles. The molecule has 0 aliphatic carbocycles. The Hall–Kier alpha value is -1.59. The van der Waals surface area contributed by atoms with Crippen LogP contribution >= 0.6 is 0 Å². The van der Waals surface area contributed by atoms with E-state index in [0.717, 1.165) is 30.8 Å². The summed E-state index contributed by atoms with van der Waals surface area (Å²) in [5.41, 5.74) is 3.13. The topological polar surface area (TPSA) is 59.6 Å². The molecule has 0 aromatic heterocycles. The molecule has 5 nitrogen and oxygen atoms in total. The van der Waals surface area contributed by atoms with E-state index in [2.05, 4.69) is 16.7 Å². The van der Waals surface area contributed by atoms with Crippen LogP contribution in [-0.4, -0.2) is 39.4 Å². The van der Waals surface area contributed by atoms with Gasteiger partial charge in [-0.2, -0.15) is 0 Å². The van der Waals surface area contributed by atoms with Crippen molar-refractivity contribution in [2.24, 2.45) is 0 Å². The molecule has 0 atom stereocenters. The zero-order valence-electron chi connectivity index (χ0n) is 11.2. The first-order chi connectivity index (χ1) is 9.31. The Bertz CT molecular complexity index is 435. The fraction of sp³-hybridized carbons (Fsp3) is 0.500. The molecule has 1 aromatic rings. The molecule has 0 bridgehead atoms. The number of hydrogen-bond donors (Lipinski definition) is 2. The largest absolute Gasteiger partial charge is 0.383 e. The van der Waals surface area contributed by atoms with E-state index in [9.17, 15) is 4.79 Å². The highest BCUT2D eigenvalue weighted by Gasteiger charge is 2.13. The lowest BCUT2D eigenvalue weighted by atomic mass is 10.0. The van der Waals surface area contributed by atoms with Crippen LogP contribution < -0.4 is 10.6 Å². The minimum absolute atomic E-state index is 0.0486. The Labute approximate surface area is 113 Å². The van der Waals surface area contributed by atoms with Gasteiger partial charge in [0.25, 0.3) is 0 Å². The second-order valence-corrected chi connectivity index (χ2v) is 4.46. The summed E-state index contributed by atoms with van der Waals surface area (Å²) in [7, 11) is 1.60. The molecule has 0 fully saturated rings. The average molecular weight is 264 g/mol. The zero-order valence-corrected chi connectivity index (χ0v) is 11.2. The van der Waals surface area contributed by atoms with Crippen molar-refractivity contribution >= 4 is 17.3 Å². The summed E-state index contributed by atoms with van der Waals surface area (Å²) in [6.45, 7) is 1.92. The third kappa shape index (κ3) is 3.94. The van der Waals surface area contributed by atoms with Gasteiger partial charge in [0, 0.05) is 13.7 Å². The van der Waals surface area contributed by atoms with E-state index in [1.807, 2.05) is 12.1 Å². The first-order valence-electron chi connectivity index (χ1n) is 6.53. The van der Waals surface area contributed by atoms with Gasteiger partial charge in [-0.05, 0) is 24.5 Å². The maximum Gasteiger partial charge on any atom is 0.250 e. The number of carbonyl (C=O) groups is 1. The van der Waals surface area contributed by atoms with Crippen molar-refractivity contribution in [1.29, 1.82) is 0 Å². The molecule has 1 amide bonds. The molecule has 2 N–H and O–H groups in total. The molecule has 1 aliphatic rings. The van der Waals surface area contributed by atoms with E-state index < -0.39 is 0 Å².